The van der Waals surface area contributed by atoms with E-state index in [2.05, 4.69) is 10.4 Å². The van der Waals surface area contributed by atoms with Crippen molar-refractivity contribution in [3.8, 4) is 0 Å². The highest BCUT2D eigenvalue weighted by Crippen LogP contribution is 2.15. The summed E-state index contributed by atoms with van der Waals surface area (Å²) in [6.45, 7) is 3.29. The summed E-state index contributed by atoms with van der Waals surface area (Å²) >= 11 is 0. The highest BCUT2D eigenvalue weighted by atomic mass is 16.7. The Labute approximate surface area is 129 Å². The summed E-state index contributed by atoms with van der Waals surface area (Å²) in [6.07, 6.45) is 2.47. The SMILES string of the molecule is O=C(NOCc1ccccc1)c1ccc(CN2CCCC2)o1. The molecule has 0 saturated carbocycles. The number of nitrogens with one attached hydrogen (secondary N) is 1. The number of amides is 1. The average Bonchev–Trinajstić information content (AvgIpc) is 3.21. The van der Waals surface area contributed by atoms with Gasteiger partial charge in [-0.3, -0.25) is 14.5 Å². The van der Waals surface area contributed by atoms with E-state index in [1.165, 1.54) is 12.8 Å². The van der Waals surface area contributed by atoms with Gasteiger partial charge in [-0.15, -0.1) is 0 Å². The van der Waals surface area contributed by atoms with Gasteiger partial charge in [0.1, 0.15) is 5.76 Å². The van der Waals surface area contributed by atoms with Crippen molar-refractivity contribution < 1.29 is 14.0 Å². The standard InChI is InChI=1S/C17H20N2O3/c20-17(18-21-13-14-6-2-1-3-7-14)16-9-8-15(22-16)12-19-10-4-5-11-19/h1-3,6-9H,4-5,10-13H2,(H,18,20). The van der Waals surface area contributed by atoms with Crippen molar-refractivity contribution in [3.05, 3.63) is 59.5 Å². The molecule has 1 N–H and O–H groups in total. The molecule has 0 bridgehead atoms. The molecule has 1 aromatic carbocycles. The van der Waals surface area contributed by atoms with Gasteiger partial charge in [-0.1, -0.05) is 30.3 Å². The van der Waals surface area contributed by atoms with E-state index in [1.54, 1.807) is 6.07 Å². The van der Waals surface area contributed by atoms with Gasteiger partial charge < -0.3 is 4.42 Å². The van der Waals surface area contributed by atoms with Gasteiger partial charge in [-0.2, -0.15) is 0 Å². The van der Waals surface area contributed by atoms with E-state index in [1.807, 2.05) is 36.4 Å². The largest absolute Gasteiger partial charge is 0.454 e. The van der Waals surface area contributed by atoms with Crippen LogP contribution >= 0.6 is 0 Å². The summed E-state index contributed by atoms with van der Waals surface area (Å²) in [5, 5.41) is 0. The Balaban J connectivity index is 1.46. The monoisotopic (exact) mass is 300 g/mol. The minimum Gasteiger partial charge on any atom is -0.454 e. The first-order valence-electron chi connectivity index (χ1n) is 7.58. The van der Waals surface area contributed by atoms with Crippen LogP contribution in [0.5, 0.6) is 0 Å². The molecule has 5 heteroatoms. The lowest BCUT2D eigenvalue weighted by Crippen LogP contribution is -2.23. The molecule has 1 aromatic heterocycles. The lowest BCUT2D eigenvalue weighted by atomic mass is 10.2. The van der Waals surface area contributed by atoms with Crippen LogP contribution in [0.15, 0.2) is 46.9 Å². The van der Waals surface area contributed by atoms with Crippen LogP contribution in [0, 0.1) is 0 Å². The van der Waals surface area contributed by atoms with Crippen LogP contribution in [0.25, 0.3) is 0 Å². The van der Waals surface area contributed by atoms with Crippen molar-refractivity contribution in [1.82, 2.24) is 10.4 Å². The third-order valence-corrected chi connectivity index (χ3v) is 3.71. The zero-order chi connectivity index (χ0) is 15.2. The van der Waals surface area contributed by atoms with Gasteiger partial charge in [0, 0.05) is 0 Å². The number of carbonyl (C=O) groups excluding carboxylic acids is 1. The molecule has 1 amide bonds. The average molecular weight is 300 g/mol. The molecule has 3 rings (SSSR count). The second-order valence-corrected chi connectivity index (χ2v) is 5.45. The Morgan fingerprint density at radius 2 is 1.91 bits per heavy atom. The maximum absolute atomic E-state index is 11.9. The van der Waals surface area contributed by atoms with Crippen molar-refractivity contribution in [1.29, 1.82) is 0 Å². The maximum Gasteiger partial charge on any atom is 0.310 e. The van der Waals surface area contributed by atoms with E-state index in [9.17, 15) is 4.79 Å². The number of furan rings is 1. The quantitative estimate of drug-likeness (QED) is 0.833. The highest BCUT2D eigenvalue weighted by molar-refractivity contribution is 5.90. The maximum atomic E-state index is 11.9. The molecule has 1 aliphatic heterocycles. The van der Waals surface area contributed by atoms with E-state index in [-0.39, 0.29) is 11.7 Å². The van der Waals surface area contributed by atoms with Crippen LogP contribution in [-0.4, -0.2) is 23.9 Å². The Hall–Kier alpha value is -2.11. The lowest BCUT2D eigenvalue weighted by molar-refractivity contribution is 0.0210. The molecule has 0 spiro atoms. The predicted octanol–water partition coefficient (Wildman–Crippen LogP) is 2.74. The summed E-state index contributed by atoms with van der Waals surface area (Å²) in [5.41, 5.74) is 3.41. The van der Waals surface area contributed by atoms with Crippen molar-refractivity contribution in [3.63, 3.8) is 0 Å². The molecule has 22 heavy (non-hydrogen) atoms. The van der Waals surface area contributed by atoms with E-state index in [0.29, 0.717) is 6.61 Å². The fourth-order valence-corrected chi connectivity index (χ4v) is 2.56. The molecule has 1 fully saturated rings. The smallest absolute Gasteiger partial charge is 0.310 e. The Morgan fingerprint density at radius 3 is 2.68 bits per heavy atom. The molecule has 0 atom stereocenters. The Bertz CT molecular complexity index is 603. The van der Waals surface area contributed by atoms with Crippen LogP contribution in [0.2, 0.25) is 0 Å². The topological polar surface area (TPSA) is 54.7 Å². The first-order chi connectivity index (χ1) is 10.8. The summed E-state index contributed by atoms with van der Waals surface area (Å²) < 4.78 is 5.58. The van der Waals surface area contributed by atoms with Crippen LogP contribution in [0.1, 0.15) is 34.7 Å². The molecular formula is C17H20N2O3. The zero-order valence-corrected chi connectivity index (χ0v) is 12.5. The summed E-state index contributed by atoms with van der Waals surface area (Å²) in [7, 11) is 0. The van der Waals surface area contributed by atoms with E-state index < -0.39 is 0 Å². The first-order valence-corrected chi connectivity index (χ1v) is 7.58. The number of benzene rings is 1. The molecule has 0 radical (unpaired) electrons. The van der Waals surface area contributed by atoms with Gasteiger partial charge in [0.2, 0.25) is 0 Å². The molecule has 1 saturated heterocycles. The summed E-state index contributed by atoms with van der Waals surface area (Å²) in [4.78, 5) is 19.5. The van der Waals surface area contributed by atoms with Gasteiger partial charge in [-0.25, -0.2) is 5.48 Å². The van der Waals surface area contributed by atoms with Crippen molar-refractivity contribution >= 4 is 5.91 Å². The van der Waals surface area contributed by atoms with Crippen molar-refractivity contribution in [2.75, 3.05) is 13.1 Å². The Morgan fingerprint density at radius 1 is 1.14 bits per heavy atom. The number of hydroxylamine groups is 1. The lowest BCUT2D eigenvalue weighted by Gasteiger charge is -2.11. The van der Waals surface area contributed by atoms with Gasteiger partial charge >= 0.3 is 5.91 Å². The summed E-state index contributed by atoms with van der Waals surface area (Å²) in [5.74, 6) is 0.737. The van der Waals surface area contributed by atoms with Crippen molar-refractivity contribution in [2.45, 2.75) is 26.0 Å². The van der Waals surface area contributed by atoms with Gasteiger partial charge in [-0.05, 0) is 43.6 Å². The third-order valence-electron chi connectivity index (χ3n) is 3.71. The minimum absolute atomic E-state index is 0.280. The van der Waals surface area contributed by atoms with Crippen LogP contribution in [-0.2, 0) is 18.0 Å². The van der Waals surface area contributed by atoms with E-state index in [4.69, 9.17) is 9.25 Å². The molecule has 1 aliphatic rings. The number of rotatable bonds is 6. The van der Waals surface area contributed by atoms with Crippen LogP contribution in [0.4, 0.5) is 0 Å². The van der Waals surface area contributed by atoms with Gasteiger partial charge in [0.05, 0.1) is 13.2 Å². The number of carbonyl (C=O) groups is 1. The zero-order valence-electron chi connectivity index (χ0n) is 12.5. The normalized spacial score (nSPS) is 15.1. The molecule has 0 aliphatic carbocycles. The fourth-order valence-electron chi connectivity index (χ4n) is 2.56. The first kappa shape index (κ1) is 14.8. The van der Waals surface area contributed by atoms with E-state index >= 15 is 0 Å². The van der Waals surface area contributed by atoms with Crippen molar-refractivity contribution in [2.24, 2.45) is 0 Å². The molecular weight excluding hydrogens is 280 g/mol. The summed E-state index contributed by atoms with van der Waals surface area (Å²) in [6, 6.07) is 13.2. The minimum atomic E-state index is -0.358. The molecule has 116 valence electrons. The second-order valence-electron chi connectivity index (χ2n) is 5.45. The molecule has 5 nitrogen and oxygen atoms in total. The second kappa shape index (κ2) is 7.24. The molecule has 2 aromatic rings. The molecule has 0 unspecified atom stereocenters. The number of hydrogen-bond acceptors (Lipinski definition) is 4. The fraction of sp³-hybridized carbons (Fsp3) is 0.353. The van der Waals surface area contributed by atoms with E-state index in [0.717, 1.165) is 31.0 Å². The third kappa shape index (κ3) is 3.96. The number of likely N-dealkylation sites (tertiary alicyclic amines) is 1. The van der Waals surface area contributed by atoms with Gasteiger partial charge in [0.25, 0.3) is 0 Å². The van der Waals surface area contributed by atoms with Crippen LogP contribution < -0.4 is 5.48 Å². The van der Waals surface area contributed by atoms with Gasteiger partial charge in [0.15, 0.2) is 5.76 Å². The molecule has 2 heterocycles. The van der Waals surface area contributed by atoms with Crippen LogP contribution in [0.3, 0.4) is 0 Å². The number of hydrogen-bond donors (Lipinski definition) is 1. The predicted molar refractivity (Wildman–Crippen MR) is 81.9 cm³/mol. The number of nitrogens with zero attached hydrogens (tertiary/aromatic N) is 1. The highest BCUT2D eigenvalue weighted by Gasteiger charge is 2.16. The Kier molecular flexibility index (Phi) is 4.88.